The van der Waals surface area contributed by atoms with Crippen molar-refractivity contribution in [3.63, 3.8) is 0 Å². The van der Waals surface area contributed by atoms with Crippen LogP contribution in [0.1, 0.15) is 25.5 Å². The Labute approximate surface area is 78.8 Å². The van der Waals surface area contributed by atoms with E-state index in [4.69, 9.17) is 0 Å². The summed E-state index contributed by atoms with van der Waals surface area (Å²) in [6.07, 6.45) is 2.08. The minimum Gasteiger partial charge on any atom is -1.00 e. The van der Waals surface area contributed by atoms with E-state index in [0.29, 0.717) is 5.92 Å². The normalized spacial score (nSPS) is 9.45. The molecule has 0 unspecified atom stereocenters. The molecule has 0 amide bonds. The van der Waals surface area contributed by atoms with Crippen LogP contribution >= 0.6 is 0 Å². The second kappa shape index (κ2) is 4.50. The monoisotopic (exact) mass is 215 g/mol. The van der Waals surface area contributed by atoms with E-state index in [2.05, 4.69) is 43.8 Å². The Morgan fingerprint density at radius 1 is 1.27 bits per heavy atom. The van der Waals surface area contributed by atoms with E-state index in [-0.39, 0.29) is 17.0 Å². The first-order valence-corrected chi connectivity index (χ1v) is 3.66. The van der Waals surface area contributed by atoms with E-state index >= 15 is 0 Å². The van der Waals surface area contributed by atoms with E-state index in [1.807, 2.05) is 6.07 Å². The molecule has 1 rings (SSSR count). The largest absolute Gasteiger partial charge is 1.00 e. The second-order valence-corrected chi connectivity index (χ2v) is 2.89. The fourth-order valence-corrected chi connectivity index (χ4v) is 1.14. The number of hydrogen-bond donors (Lipinski definition) is 0. The third kappa shape index (κ3) is 2.62. The predicted molar refractivity (Wildman–Crippen MR) is 41.7 cm³/mol. The summed E-state index contributed by atoms with van der Waals surface area (Å²) >= 11 is 0. The van der Waals surface area contributed by atoms with Crippen LogP contribution in [0.5, 0.6) is 0 Å². The number of nitrogens with zero attached hydrogens (tertiary/aromatic N) is 1. The van der Waals surface area contributed by atoms with Crippen molar-refractivity contribution in [2.24, 2.45) is 7.05 Å². The Balaban J connectivity index is 0.000001000. The van der Waals surface area contributed by atoms with Crippen LogP contribution in [0, 0.1) is 0 Å². The molecule has 0 bridgehead atoms. The van der Waals surface area contributed by atoms with Gasteiger partial charge in [0.05, 0.1) is 0 Å². The van der Waals surface area contributed by atoms with Crippen molar-refractivity contribution in [3.05, 3.63) is 30.1 Å². The van der Waals surface area contributed by atoms with Gasteiger partial charge in [-0.1, -0.05) is 19.9 Å². The van der Waals surface area contributed by atoms with Crippen molar-refractivity contribution in [2.45, 2.75) is 19.8 Å². The topological polar surface area (TPSA) is 3.88 Å². The number of pyridine rings is 1. The maximum absolute atomic E-state index is 2.20. The Morgan fingerprint density at radius 3 is 2.27 bits per heavy atom. The SMILES string of the molecule is CC(C)c1cccc[n+]1C.[Br-]. The molecule has 62 valence electrons. The van der Waals surface area contributed by atoms with Crippen LogP contribution in [0.4, 0.5) is 0 Å². The Hall–Kier alpha value is -0.370. The highest BCUT2D eigenvalue weighted by molar-refractivity contribution is 5.00. The van der Waals surface area contributed by atoms with E-state index in [1.165, 1.54) is 5.69 Å². The van der Waals surface area contributed by atoms with Gasteiger partial charge in [0.25, 0.3) is 0 Å². The summed E-state index contributed by atoms with van der Waals surface area (Å²) in [6, 6.07) is 6.28. The average Bonchev–Trinajstić information content (AvgIpc) is 1.88. The third-order valence-electron chi connectivity index (χ3n) is 1.69. The summed E-state index contributed by atoms with van der Waals surface area (Å²) in [5.74, 6) is 0.617. The number of hydrogen-bond acceptors (Lipinski definition) is 0. The Bertz CT molecular complexity index is 221. The zero-order valence-electron chi connectivity index (χ0n) is 7.21. The number of aromatic nitrogens is 1. The predicted octanol–water partition coefficient (Wildman–Crippen LogP) is -1.36. The molecule has 0 aliphatic heterocycles. The first-order valence-electron chi connectivity index (χ1n) is 3.66. The van der Waals surface area contributed by atoms with Crippen molar-refractivity contribution >= 4 is 0 Å². The molecule has 0 N–H and O–H groups in total. The molecule has 0 fully saturated rings. The maximum Gasteiger partial charge on any atom is 0.183 e. The van der Waals surface area contributed by atoms with Gasteiger partial charge in [0, 0.05) is 18.1 Å². The lowest BCUT2D eigenvalue weighted by molar-refractivity contribution is -0.680. The fraction of sp³-hybridized carbons (Fsp3) is 0.444. The number of halogens is 1. The molecule has 0 radical (unpaired) electrons. The molecule has 0 saturated carbocycles. The van der Waals surface area contributed by atoms with E-state index in [1.54, 1.807) is 0 Å². The summed E-state index contributed by atoms with van der Waals surface area (Å²) in [5.41, 5.74) is 1.38. The average molecular weight is 216 g/mol. The van der Waals surface area contributed by atoms with E-state index in [0.717, 1.165) is 0 Å². The van der Waals surface area contributed by atoms with Crippen LogP contribution in [-0.2, 0) is 7.05 Å². The maximum atomic E-state index is 2.20. The van der Waals surface area contributed by atoms with Crippen molar-refractivity contribution in [2.75, 3.05) is 0 Å². The minimum atomic E-state index is 0. The number of rotatable bonds is 1. The molecule has 0 aliphatic carbocycles. The lowest BCUT2D eigenvalue weighted by Gasteiger charge is -2.00. The van der Waals surface area contributed by atoms with E-state index in [9.17, 15) is 0 Å². The van der Waals surface area contributed by atoms with Gasteiger partial charge in [-0.2, -0.15) is 0 Å². The van der Waals surface area contributed by atoms with Crippen LogP contribution in [-0.4, -0.2) is 0 Å². The number of aryl methyl sites for hydroxylation is 1. The van der Waals surface area contributed by atoms with Gasteiger partial charge in [-0.15, -0.1) is 0 Å². The molecule has 1 heterocycles. The summed E-state index contributed by atoms with van der Waals surface area (Å²) in [6.45, 7) is 4.41. The third-order valence-corrected chi connectivity index (χ3v) is 1.69. The first-order chi connectivity index (χ1) is 4.72. The quantitative estimate of drug-likeness (QED) is 0.510. The van der Waals surface area contributed by atoms with Gasteiger partial charge in [-0.05, 0) is 0 Å². The molecule has 11 heavy (non-hydrogen) atoms. The molecule has 2 heteroatoms. The fourth-order valence-electron chi connectivity index (χ4n) is 1.14. The van der Waals surface area contributed by atoms with Gasteiger partial charge in [-0.3, -0.25) is 0 Å². The Morgan fingerprint density at radius 2 is 1.91 bits per heavy atom. The van der Waals surface area contributed by atoms with Gasteiger partial charge < -0.3 is 17.0 Å². The van der Waals surface area contributed by atoms with Gasteiger partial charge in [0.2, 0.25) is 0 Å². The van der Waals surface area contributed by atoms with Crippen LogP contribution < -0.4 is 21.5 Å². The summed E-state index contributed by atoms with van der Waals surface area (Å²) < 4.78 is 2.16. The zero-order valence-corrected chi connectivity index (χ0v) is 8.80. The lowest BCUT2D eigenvalue weighted by atomic mass is 10.1. The summed E-state index contributed by atoms with van der Waals surface area (Å²) in [7, 11) is 2.08. The standard InChI is InChI=1S/C9H14N.BrH/c1-8(2)9-6-4-5-7-10(9)3;/h4-8H,1-3H3;1H/q+1;/p-1. The molecule has 1 aromatic rings. The first kappa shape index (κ1) is 10.6. The highest BCUT2D eigenvalue weighted by atomic mass is 79.9. The van der Waals surface area contributed by atoms with Gasteiger partial charge in [0.1, 0.15) is 7.05 Å². The molecule has 0 aliphatic rings. The molecular formula is C9H14BrN. The van der Waals surface area contributed by atoms with Crippen molar-refractivity contribution in [3.8, 4) is 0 Å². The minimum absolute atomic E-state index is 0. The van der Waals surface area contributed by atoms with Gasteiger partial charge in [0.15, 0.2) is 11.9 Å². The summed E-state index contributed by atoms with van der Waals surface area (Å²) in [4.78, 5) is 0. The zero-order chi connectivity index (χ0) is 7.56. The summed E-state index contributed by atoms with van der Waals surface area (Å²) in [5, 5.41) is 0. The van der Waals surface area contributed by atoms with Crippen molar-refractivity contribution in [1.82, 2.24) is 0 Å². The highest BCUT2D eigenvalue weighted by Crippen LogP contribution is 2.06. The van der Waals surface area contributed by atoms with Crippen LogP contribution in [0.2, 0.25) is 0 Å². The van der Waals surface area contributed by atoms with Crippen LogP contribution in [0.25, 0.3) is 0 Å². The van der Waals surface area contributed by atoms with E-state index < -0.39 is 0 Å². The highest BCUT2D eigenvalue weighted by Gasteiger charge is 2.07. The molecule has 0 saturated heterocycles. The second-order valence-electron chi connectivity index (χ2n) is 2.89. The molecule has 0 atom stereocenters. The molecule has 1 aromatic heterocycles. The Kier molecular flexibility index (Phi) is 4.34. The smallest absolute Gasteiger partial charge is 0.183 e. The molecular weight excluding hydrogens is 202 g/mol. The van der Waals surface area contributed by atoms with Crippen molar-refractivity contribution < 1.29 is 21.5 Å². The molecule has 1 nitrogen and oxygen atoms in total. The molecule has 0 spiro atoms. The van der Waals surface area contributed by atoms with Crippen LogP contribution in [0.15, 0.2) is 24.4 Å². The van der Waals surface area contributed by atoms with Crippen LogP contribution in [0.3, 0.4) is 0 Å². The lowest BCUT2D eigenvalue weighted by Crippen LogP contribution is -3.00. The van der Waals surface area contributed by atoms with Gasteiger partial charge in [-0.25, -0.2) is 4.57 Å². The van der Waals surface area contributed by atoms with Gasteiger partial charge >= 0.3 is 0 Å². The molecule has 0 aromatic carbocycles. The van der Waals surface area contributed by atoms with Crippen molar-refractivity contribution in [1.29, 1.82) is 0 Å².